The highest BCUT2D eigenvalue weighted by molar-refractivity contribution is 5.47. The summed E-state index contributed by atoms with van der Waals surface area (Å²) in [6.45, 7) is 7.11. The molecule has 1 saturated heterocycles. The Balaban J connectivity index is 1.58. The van der Waals surface area contributed by atoms with E-state index in [0.717, 1.165) is 38.3 Å². The lowest BCUT2D eigenvalue weighted by atomic mass is 10.2. The Labute approximate surface area is 131 Å². The van der Waals surface area contributed by atoms with Crippen LogP contribution in [0.3, 0.4) is 0 Å². The van der Waals surface area contributed by atoms with Crippen LogP contribution in [0, 0.1) is 6.92 Å². The molecule has 0 aliphatic carbocycles. The molecule has 0 atom stereocenters. The summed E-state index contributed by atoms with van der Waals surface area (Å²) in [6, 6.07) is 12.5. The fourth-order valence-electron chi connectivity index (χ4n) is 2.87. The van der Waals surface area contributed by atoms with Crippen LogP contribution in [0.25, 0.3) is 0 Å². The van der Waals surface area contributed by atoms with Gasteiger partial charge in [0.05, 0.1) is 0 Å². The second kappa shape index (κ2) is 6.36. The van der Waals surface area contributed by atoms with E-state index in [-0.39, 0.29) is 5.56 Å². The second-order valence-corrected chi connectivity index (χ2v) is 6.08. The summed E-state index contributed by atoms with van der Waals surface area (Å²) in [7, 11) is 1.78. The Kier molecular flexibility index (Phi) is 4.29. The maximum atomic E-state index is 11.7. The van der Waals surface area contributed by atoms with Gasteiger partial charge in [0, 0.05) is 57.7 Å². The van der Waals surface area contributed by atoms with Crippen molar-refractivity contribution in [1.29, 1.82) is 0 Å². The molecule has 3 rings (SSSR count). The molecule has 2 heterocycles. The monoisotopic (exact) mass is 297 g/mol. The van der Waals surface area contributed by atoms with Crippen molar-refractivity contribution in [2.45, 2.75) is 13.5 Å². The van der Waals surface area contributed by atoms with Gasteiger partial charge in [-0.15, -0.1) is 0 Å². The molecule has 116 valence electrons. The first-order chi connectivity index (χ1) is 10.6. The zero-order chi connectivity index (χ0) is 15.5. The second-order valence-electron chi connectivity index (χ2n) is 6.08. The van der Waals surface area contributed by atoms with Gasteiger partial charge < -0.3 is 9.47 Å². The Morgan fingerprint density at radius 1 is 1.00 bits per heavy atom. The standard InChI is InChI=1S/C18H23N3O/c1-15-3-5-17(6-4-15)21-11-9-20(10-12-21)14-16-7-8-19(2)18(22)13-16/h3-8,13H,9-12,14H2,1-2H3. The van der Waals surface area contributed by atoms with Crippen LogP contribution < -0.4 is 10.5 Å². The van der Waals surface area contributed by atoms with Crippen LogP contribution in [0.2, 0.25) is 0 Å². The molecule has 0 spiro atoms. The number of rotatable bonds is 3. The van der Waals surface area contributed by atoms with Gasteiger partial charge in [0.25, 0.3) is 5.56 Å². The summed E-state index contributed by atoms with van der Waals surface area (Å²) in [6.07, 6.45) is 1.85. The molecule has 0 amide bonds. The molecule has 0 unspecified atom stereocenters. The van der Waals surface area contributed by atoms with Crippen LogP contribution >= 0.6 is 0 Å². The van der Waals surface area contributed by atoms with Crippen LogP contribution in [0.4, 0.5) is 5.69 Å². The lowest BCUT2D eigenvalue weighted by Crippen LogP contribution is -2.46. The molecule has 0 saturated carbocycles. The van der Waals surface area contributed by atoms with Gasteiger partial charge in [-0.1, -0.05) is 17.7 Å². The molecule has 4 nitrogen and oxygen atoms in total. The van der Waals surface area contributed by atoms with Crippen molar-refractivity contribution in [3.05, 3.63) is 64.1 Å². The van der Waals surface area contributed by atoms with Crippen molar-refractivity contribution in [2.24, 2.45) is 7.05 Å². The van der Waals surface area contributed by atoms with E-state index in [9.17, 15) is 4.79 Å². The molecule has 1 aromatic heterocycles. The Bertz CT molecular complexity index is 682. The van der Waals surface area contributed by atoms with E-state index < -0.39 is 0 Å². The van der Waals surface area contributed by atoms with Crippen molar-refractivity contribution in [3.8, 4) is 0 Å². The van der Waals surface area contributed by atoms with E-state index in [2.05, 4.69) is 41.0 Å². The average Bonchev–Trinajstić information content (AvgIpc) is 2.53. The predicted octanol–water partition coefficient (Wildman–Crippen LogP) is 2.02. The lowest BCUT2D eigenvalue weighted by Gasteiger charge is -2.36. The smallest absolute Gasteiger partial charge is 0.250 e. The van der Waals surface area contributed by atoms with Crippen LogP contribution in [-0.2, 0) is 13.6 Å². The van der Waals surface area contributed by atoms with Crippen molar-refractivity contribution in [3.63, 3.8) is 0 Å². The highest BCUT2D eigenvalue weighted by Crippen LogP contribution is 2.17. The number of pyridine rings is 1. The highest BCUT2D eigenvalue weighted by Gasteiger charge is 2.17. The summed E-state index contributed by atoms with van der Waals surface area (Å²) < 4.78 is 1.61. The minimum absolute atomic E-state index is 0.0655. The number of anilines is 1. The first kappa shape index (κ1) is 14.9. The zero-order valence-corrected chi connectivity index (χ0v) is 13.3. The molecule has 0 N–H and O–H groups in total. The van der Waals surface area contributed by atoms with Crippen LogP contribution in [-0.4, -0.2) is 35.6 Å². The number of aromatic nitrogens is 1. The lowest BCUT2D eigenvalue weighted by molar-refractivity contribution is 0.249. The molecule has 0 bridgehead atoms. The summed E-state index contributed by atoms with van der Waals surface area (Å²) in [5, 5.41) is 0. The quantitative estimate of drug-likeness (QED) is 0.868. The molecular formula is C18H23N3O. The van der Waals surface area contributed by atoms with Gasteiger partial charge in [0.2, 0.25) is 0 Å². The predicted molar refractivity (Wildman–Crippen MR) is 90.4 cm³/mol. The summed E-state index contributed by atoms with van der Waals surface area (Å²) in [5.74, 6) is 0. The Hall–Kier alpha value is -2.07. The van der Waals surface area contributed by atoms with Gasteiger partial charge in [0.1, 0.15) is 0 Å². The third-order valence-corrected chi connectivity index (χ3v) is 4.35. The SMILES string of the molecule is Cc1ccc(N2CCN(Cc3ccn(C)c(=O)c3)CC2)cc1. The Morgan fingerprint density at radius 3 is 2.32 bits per heavy atom. The van der Waals surface area contributed by atoms with Gasteiger partial charge >= 0.3 is 0 Å². The van der Waals surface area contributed by atoms with E-state index in [1.165, 1.54) is 11.3 Å². The van der Waals surface area contributed by atoms with Gasteiger partial charge in [-0.3, -0.25) is 9.69 Å². The van der Waals surface area contributed by atoms with Crippen molar-refractivity contribution in [2.75, 3.05) is 31.1 Å². The van der Waals surface area contributed by atoms with E-state index in [0.29, 0.717) is 0 Å². The normalized spacial score (nSPS) is 16.0. The van der Waals surface area contributed by atoms with Crippen molar-refractivity contribution < 1.29 is 0 Å². The molecule has 1 aliphatic rings. The molecule has 0 radical (unpaired) electrons. The first-order valence-electron chi connectivity index (χ1n) is 7.81. The molecule has 1 aliphatic heterocycles. The summed E-state index contributed by atoms with van der Waals surface area (Å²) in [5.41, 5.74) is 3.77. The number of benzene rings is 1. The topological polar surface area (TPSA) is 28.5 Å². The van der Waals surface area contributed by atoms with Gasteiger partial charge in [-0.25, -0.2) is 0 Å². The average molecular weight is 297 g/mol. The molecule has 2 aromatic rings. The van der Waals surface area contributed by atoms with Gasteiger partial charge in [-0.2, -0.15) is 0 Å². The minimum atomic E-state index is 0.0655. The fourth-order valence-corrected chi connectivity index (χ4v) is 2.87. The van der Waals surface area contributed by atoms with Crippen LogP contribution in [0.5, 0.6) is 0 Å². The summed E-state index contributed by atoms with van der Waals surface area (Å²) >= 11 is 0. The van der Waals surface area contributed by atoms with Crippen LogP contribution in [0.15, 0.2) is 47.4 Å². The van der Waals surface area contributed by atoms with Crippen LogP contribution in [0.1, 0.15) is 11.1 Å². The number of nitrogens with zero attached hydrogens (tertiary/aromatic N) is 3. The number of aryl methyl sites for hydroxylation is 2. The maximum absolute atomic E-state index is 11.7. The molecule has 22 heavy (non-hydrogen) atoms. The number of hydrogen-bond acceptors (Lipinski definition) is 3. The molecule has 4 heteroatoms. The minimum Gasteiger partial charge on any atom is -0.369 e. The third-order valence-electron chi connectivity index (χ3n) is 4.35. The summed E-state index contributed by atoms with van der Waals surface area (Å²) in [4.78, 5) is 16.5. The van der Waals surface area contributed by atoms with Gasteiger partial charge in [-0.05, 0) is 30.7 Å². The third kappa shape index (κ3) is 3.39. The van der Waals surface area contributed by atoms with E-state index in [1.54, 1.807) is 17.7 Å². The Morgan fingerprint density at radius 2 is 1.68 bits per heavy atom. The zero-order valence-electron chi connectivity index (χ0n) is 13.3. The molecular weight excluding hydrogens is 274 g/mol. The molecule has 1 aromatic carbocycles. The molecule has 1 fully saturated rings. The highest BCUT2D eigenvalue weighted by atomic mass is 16.1. The van der Waals surface area contributed by atoms with Gasteiger partial charge in [0.15, 0.2) is 0 Å². The van der Waals surface area contributed by atoms with Crippen molar-refractivity contribution >= 4 is 5.69 Å². The largest absolute Gasteiger partial charge is 0.369 e. The van der Waals surface area contributed by atoms with Crippen molar-refractivity contribution in [1.82, 2.24) is 9.47 Å². The number of piperazine rings is 1. The van der Waals surface area contributed by atoms with E-state index >= 15 is 0 Å². The van der Waals surface area contributed by atoms with E-state index in [1.807, 2.05) is 12.3 Å². The maximum Gasteiger partial charge on any atom is 0.250 e. The first-order valence-corrected chi connectivity index (χ1v) is 7.81. The van der Waals surface area contributed by atoms with E-state index in [4.69, 9.17) is 0 Å². The number of hydrogen-bond donors (Lipinski definition) is 0. The fraction of sp³-hybridized carbons (Fsp3) is 0.389.